The standard InChI is InChI=1S/C17H24N4OS.HI/c1-14-13-20-16(23-14)9-10-19-17(18-2)21(3)11-12-22-15-7-5-4-6-8-15;/h4-8,13H,9-12H2,1-3H3,(H,18,19);1H. The summed E-state index contributed by atoms with van der Waals surface area (Å²) in [6, 6.07) is 9.85. The molecule has 1 aromatic heterocycles. The lowest BCUT2D eigenvalue weighted by atomic mass is 10.3. The van der Waals surface area contributed by atoms with Crippen LogP contribution in [0.4, 0.5) is 0 Å². The number of guanidine groups is 1. The molecule has 0 saturated carbocycles. The zero-order chi connectivity index (χ0) is 16.5. The number of para-hydroxylation sites is 1. The molecule has 0 atom stereocenters. The van der Waals surface area contributed by atoms with Crippen LogP contribution in [0.1, 0.15) is 9.88 Å². The molecule has 0 saturated heterocycles. The number of aryl methyl sites for hydroxylation is 1. The van der Waals surface area contributed by atoms with E-state index in [2.05, 4.69) is 27.1 Å². The van der Waals surface area contributed by atoms with Gasteiger partial charge in [-0.15, -0.1) is 35.3 Å². The lowest BCUT2D eigenvalue weighted by molar-refractivity contribution is 0.281. The van der Waals surface area contributed by atoms with Crippen molar-refractivity contribution in [2.45, 2.75) is 13.3 Å². The van der Waals surface area contributed by atoms with Crippen molar-refractivity contribution in [2.75, 3.05) is 33.8 Å². The molecule has 1 aromatic carbocycles. The summed E-state index contributed by atoms with van der Waals surface area (Å²) in [4.78, 5) is 12.0. The van der Waals surface area contributed by atoms with Crippen LogP contribution in [0.15, 0.2) is 41.5 Å². The van der Waals surface area contributed by atoms with Crippen molar-refractivity contribution in [3.8, 4) is 5.75 Å². The van der Waals surface area contributed by atoms with E-state index < -0.39 is 0 Å². The average molecular weight is 460 g/mol. The highest BCUT2D eigenvalue weighted by molar-refractivity contribution is 14.0. The van der Waals surface area contributed by atoms with Crippen LogP contribution in [0.3, 0.4) is 0 Å². The smallest absolute Gasteiger partial charge is 0.193 e. The fourth-order valence-electron chi connectivity index (χ4n) is 2.11. The fraction of sp³-hybridized carbons (Fsp3) is 0.412. The molecule has 0 aliphatic carbocycles. The molecule has 0 radical (unpaired) electrons. The second kappa shape index (κ2) is 11.2. The van der Waals surface area contributed by atoms with Crippen LogP contribution in [-0.4, -0.2) is 49.6 Å². The monoisotopic (exact) mass is 460 g/mol. The minimum atomic E-state index is 0. The predicted octanol–water partition coefficient (Wildman–Crippen LogP) is 3.20. The van der Waals surface area contributed by atoms with E-state index in [0.717, 1.165) is 36.2 Å². The summed E-state index contributed by atoms with van der Waals surface area (Å²) in [5.74, 6) is 1.76. The van der Waals surface area contributed by atoms with Gasteiger partial charge in [0.25, 0.3) is 0 Å². The van der Waals surface area contributed by atoms with E-state index in [1.807, 2.05) is 43.6 Å². The molecular formula is C17H25IN4OS. The summed E-state index contributed by atoms with van der Waals surface area (Å²) in [5.41, 5.74) is 0. The largest absolute Gasteiger partial charge is 0.492 e. The number of nitrogens with zero attached hydrogens (tertiary/aromatic N) is 3. The summed E-state index contributed by atoms with van der Waals surface area (Å²) in [6.45, 7) is 4.29. The highest BCUT2D eigenvalue weighted by Gasteiger charge is 2.06. The van der Waals surface area contributed by atoms with Gasteiger partial charge in [-0.05, 0) is 19.1 Å². The van der Waals surface area contributed by atoms with Crippen LogP contribution in [0.25, 0.3) is 0 Å². The molecule has 2 aromatic rings. The summed E-state index contributed by atoms with van der Waals surface area (Å²) in [7, 11) is 3.81. The first-order valence-corrected chi connectivity index (χ1v) is 8.51. The van der Waals surface area contributed by atoms with Crippen molar-refractivity contribution < 1.29 is 4.74 Å². The molecule has 0 aliphatic rings. The zero-order valence-electron chi connectivity index (χ0n) is 14.4. The quantitative estimate of drug-likeness (QED) is 0.392. The number of halogens is 1. The van der Waals surface area contributed by atoms with Crippen molar-refractivity contribution in [3.63, 3.8) is 0 Å². The van der Waals surface area contributed by atoms with E-state index in [0.29, 0.717) is 6.61 Å². The molecule has 0 bridgehead atoms. The van der Waals surface area contributed by atoms with E-state index in [9.17, 15) is 0 Å². The third-order valence-corrected chi connectivity index (χ3v) is 4.28. The van der Waals surface area contributed by atoms with Gasteiger partial charge < -0.3 is 15.0 Å². The first-order chi connectivity index (χ1) is 11.2. The topological polar surface area (TPSA) is 49.8 Å². The van der Waals surface area contributed by atoms with E-state index >= 15 is 0 Å². The molecule has 0 unspecified atom stereocenters. The van der Waals surface area contributed by atoms with Crippen LogP contribution in [0.5, 0.6) is 5.75 Å². The minimum absolute atomic E-state index is 0. The van der Waals surface area contributed by atoms with Gasteiger partial charge in [-0.1, -0.05) is 18.2 Å². The molecular weight excluding hydrogens is 435 g/mol. The molecule has 7 heteroatoms. The summed E-state index contributed by atoms with van der Waals surface area (Å²) in [6.07, 6.45) is 2.83. The number of hydrogen-bond acceptors (Lipinski definition) is 4. The molecule has 1 N–H and O–H groups in total. The van der Waals surface area contributed by atoms with Gasteiger partial charge in [0, 0.05) is 38.1 Å². The van der Waals surface area contributed by atoms with E-state index in [1.165, 1.54) is 4.88 Å². The van der Waals surface area contributed by atoms with Crippen LogP contribution in [0.2, 0.25) is 0 Å². The van der Waals surface area contributed by atoms with Gasteiger partial charge in [-0.3, -0.25) is 4.99 Å². The molecule has 2 rings (SSSR count). The van der Waals surface area contributed by atoms with Crippen LogP contribution in [0, 0.1) is 6.92 Å². The lowest BCUT2D eigenvalue weighted by Crippen LogP contribution is -2.41. The Balaban J connectivity index is 0.00000288. The van der Waals surface area contributed by atoms with Gasteiger partial charge >= 0.3 is 0 Å². The molecule has 132 valence electrons. The molecule has 0 spiro atoms. The summed E-state index contributed by atoms with van der Waals surface area (Å²) < 4.78 is 5.72. The maximum Gasteiger partial charge on any atom is 0.193 e. The summed E-state index contributed by atoms with van der Waals surface area (Å²) >= 11 is 1.74. The molecule has 0 fully saturated rings. The maximum atomic E-state index is 5.72. The molecule has 5 nitrogen and oxygen atoms in total. The number of aliphatic imine (C=N–C) groups is 1. The predicted molar refractivity (Wildman–Crippen MR) is 112 cm³/mol. The van der Waals surface area contributed by atoms with Gasteiger partial charge in [0.15, 0.2) is 5.96 Å². The number of aromatic nitrogens is 1. The number of hydrogen-bond donors (Lipinski definition) is 1. The van der Waals surface area contributed by atoms with Gasteiger partial charge in [0.05, 0.1) is 11.6 Å². The van der Waals surface area contributed by atoms with Crippen molar-refractivity contribution in [3.05, 3.63) is 46.4 Å². The van der Waals surface area contributed by atoms with Gasteiger partial charge in [0.1, 0.15) is 12.4 Å². The van der Waals surface area contributed by atoms with Crippen molar-refractivity contribution in [1.82, 2.24) is 15.2 Å². The van der Waals surface area contributed by atoms with Crippen LogP contribution < -0.4 is 10.1 Å². The number of thiazole rings is 1. The van der Waals surface area contributed by atoms with Crippen molar-refractivity contribution >= 4 is 41.3 Å². The average Bonchev–Trinajstić information content (AvgIpc) is 2.98. The van der Waals surface area contributed by atoms with Gasteiger partial charge in [-0.2, -0.15) is 0 Å². The Hall–Kier alpha value is -1.35. The van der Waals surface area contributed by atoms with E-state index in [1.54, 1.807) is 18.4 Å². The minimum Gasteiger partial charge on any atom is -0.492 e. The first-order valence-electron chi connectivity index (χ1n) is 7.70. The van der Waals surface area contributed by atoms with Crippen molar-refractivity contribution in [2.24, 2.45) is 4.99 Å². The first kappa shape index (κ1) is 20.7. The Labute approximate surface area is 165 Å². The number of rotatable bonds is 7. The third kappa shape index (κ3) is 7.04. The van der Waals surface area contributed by atoms with E-state index in [4.69, 9.17) is 4.74 Å². The maximum absolute atomic E-state index is 5.72. The normalized spacial score (nSPS) is 10.9. The lowest BCUT2D eigenvalue weighted by Gasteiger charge is -2.22. The zero-order valence-corrected chi connectivity index (χ0v) is 17.5. The Morgan fingerprint density at radius 1 is 1.33 bits per heavy atom. The van der Waals surface area contributed by atoms with Gasteiger partial charge in [0.2, 0.25) is 0 Å². The Morgan fingerprint density at radius 2 is 2.08 bits per heavy atom. The number of likely N-dealkylation sites (N-methyl/N-ethyl adjacent to an activating group) is 1. The highest BCUT2D eigenvalue weighted by atomic mass is 127. The number of nitrogens with one attached hydrogen (secondary N) is 1. The Kier molecular flexibility index (Phi) is 9.70. The van der Waals surface area contributed by atoms with E-state index in [-0.39, 0.29) is 24.0 Å². The highest BCUT2D eigenvalue weighted by Crippen LogP contribution is 2.11. The molecule has 0 amide bonds. The van der Waals surface area contributed by atoms with Crippen LogP contribution in [-0.2, 0) is 6.42 Å². The van der Waals surface area contributed by atoms with Crippen molar-refractivity contribution in [1.29, 1.82) is 0 Å². The second-order valence-electron chi connectivity index (χ2n) is 5.17. The molecule has 0 aliphatic heterocycles. The summed E-state index contributed by atoms with van der Waals surface area (Å²) in [5, 5.41) is 4.52. The third-order valence-electron chi connectivity index (χ3n) is 3.30. The Morgan fingerprint density at radius 3 is 2.71 bits per heavy atom. The molecule has 24 heavy (non-hydrogen) atoms. The Bertz CT molecular complexity index is 618. The number of ether oxygens (including phenoxy) is 1. The van der Waals surface area contributed by atoms with Gasteiger partial charge in [-0.25, -0.2) is 4.98 Å². The fourth-order valence-corrected chi connectivity index (χ4v) is 2.89. The van der Waals surface area contributed by atoms with Crippen LogP contribution >= 0.6 is 35.3 Å². The SMILES string of the molecule is CN=C(NCCc1ncc(C)s1)N(C)CCOc1ccccc1.I. The molecule has 1 heterocycles. The second-order valence-corrected chi connectivity index (χ2v) is 6.49. The number of benzene rings is 1.